The van der Waals surface area contributed by atoms with Gasteiger partial charge in [-0.25, -0.2) is 9.59 Å². The number of carbonyl (C=O) groups is 3. The highest BCUT2D eigenvalue weighted by molar-refractivity contribution is 5.87. The number of benzene rings is 2. The van der Waals surface area contributed by atoms with Crippen molar-refractivity contribution < 1.29 is 47.5 Å². The van der Waals surface area contributed by atoms with Gasteiger partial charge in [0, 0.05) is 6.42 Å². The highest BCUT2D eigenvalue weighted by atomic mass is 16.8. The molecule has 232 valence electrons. The Hall–Kier alpha value is -3.55. The fourth-order valence-corrected chi connectivity index (χ4v) is 5.25. The maximum absolute atomic E-state index is 13.7. The molecule has 2 N–H and O–H groups in total. The first-order chi connectivity index (χ1) is 20.5. The zero-order valence-electron chi connectivity index (χ0n) is 24.6. The largest absolute Gasteiger partial charge is 0.455 e. The molecular weight excluding hydrogens is 560 g/mol. The van der Waals surface area contributed by atoms with Crippen LogP contribution in [0.3, 0.4) is 0 Å². The Morgan fingerprint density at radius 3 is 2.21 bits per heavy atom. The van der Waals surface area contributed by atoms with Gasteiger partial charge in [-0.3, -0.25) is 4.79 Å². The van der Waals surface area contributed by atoms with Crippen molar-refractivity contribution >= 4 is 18.0 Å². The Morgan fingerprint density at radius 1 is 0.884 bits per heavy atom. The van der Waals surface area contributed by atoms with E-state index in [9.17, 15) is 14.4 Å². The van der Waals surface area contributed by atoms with Crippen LogP contribution in [0.2, 0.25) is 0 Å². The molecule has 0 unspecified atom stereocenters. The lowest BCUT2D eigenvalue weighted by Gasteiger charge is -2.30. The predicted molar refractivity (Wildman–Crippen MR) is 150 cm³/mol. The molecule has 2 amide bonds. The van der Waals surface area contributed by atoms with Crippen LogP contribution >= 0.6 is 0 Å². The molecule has 3 heterocycles. The number of amides is 2. The van der Waals surface area contributed by atoms with Gasteiger partial charge < -0.3 is 43.8 Å². The smallest absolute Gasteiger partial charge is 0.407 e. The second kappa shape index (κ2) is 13.0. The summed E-state index contributed by atoms with van der Waals surface area (Å²) in [6.07, 6.45) is -4.28. The number of carbonyl (C=O) groups excluding carboxylic acids is 3. The van der Waals surface area contributed by atoms with Crippen LogP contribution in [0.15, 0.2) is 60.7 Å². The van der Waals surface area contributed by atoms with E-state index >= 15 is 0 Å². The number of esters is 1. The van der Waals surface area contributed by atoms with Crippen LogP contribution in [-0.4, -0.2) is 79.4 Å². The summed E-state index contributed by atoms with van der Waals surface area (Å²) < 4.78 is 41.0. The van der Waals surface area contributed by atoms with Gasteiger partial charge in [-0.1, -0.05) is 60.7 Å². The van der Waals surface area contributed by atoms with E-state index in [0.717, 1.165) is 11.1 Å². The lowest BCUT2D eigenvalue weighted by Crippen LogP contribution is -2.51. The summed E-state index contributed by atoms with van der Waals surface area (Å²) in [6, 6.07) is 17.3. The van der Waals surface area contributed by atoms with E-state index < -0.39 is 72.8 Å². The number of nitrogens with one attached hydrogen (secondary N) is 2. The summed E-state index contributed by atoms with van der Waals surface area (Å²) in [5, 5.41) is 5.10. The van der Waals surface area contributed by atoms with Gasteiger partial charge in [-0.2, -0.15) is 0 Å². The van der Waals surface area contributed by atoms with Gasteiger partial charge >= 0.3 is 12.1 Å². The van der Waals surface area contributed by atoms with Crippen LogP contribution in [0.1, 0.15) is 38.8 Å². The van der Waals surface area contributed by atoms with Crippen LogP contribution in [0.4, 0.5) is 4.79 Å². The summed E-state index contributed by atoms with van der Waals surface area (Å²) in [7, 11) is 0. The van der Waals surface area contributed by atoms with E-state index in [1.807, 2.05) is 60.7 Å². The third-order valence-corrected chi connectivity index (χ3v) is 7.18. The van der Waals surface area contributed by atoms with Crippen LogP contribution in [0, 0.1) is 0 Å². The third kappa shape index (κ3) is 8.09. The van der Waals surface area contributed by atoms with Gasteiger partial charge in [0.2, 0.25) is 5.91 Å². The van der Waals surface area contributed by atoms with Gasteiger partial charge in [0.05, 0.1) is 6.61 Å². The molecule has 12 nitrogen and oxygen atoms in total. The lowest BCUT2D eigenvalue weighted by molar-refractivity contribution is -0.235. The van der Waals surface area contributed by atoms with Gasteiger partial charge in [0.25, 0.3) is 0 Å². The molecule has 3 saturated heterocycles. The van der Waals surface area contributed by atoms with Gasteiger partial charge in [0.15, 0.2) is 30.1 Å². The molecule has 3 aliphatic heterocycles. The second-order valence-corrected chi connectivity index (χ2v) is 11.6. The Morgan fingerprint density at radius 2 is 1.56 bits per heavy atom. The van der Waals surface area contributed by atoms with E-state index in [-0.39, 0.29) is 19.6 Å². The summed E-state index contributed by atoms with van der Waals surface area (Å²) in [5.41, 5.74) is 1.61. The molecule has 43 heavy (non-hydrogen) atoms. The Kier molecular flexibility index (Phi) is 9.33. The summed E-state index contributed by atoms with van der Waals surface area (Å²) in [6.45, 7) is 6.95. The first-order valence-corrected chi connectivity index (χ1v) is 14.3. The first-order valence-electron chi connectivity index (χ1n) is 14.3. The number of rotatable bonds is 10. The molecule has 0 aromatic heterocycles. The van der Waals surface area contributed by atoms with Crippen molar-refractivity contribution in [3.8, 4) is 0 Å². The molecule has 0 spiro atoms. The van der Waals surface area contributed by atoms with E-state index in [2.05, 4.69) is 10.6 Å². The van der Waals surface area contributed by atoms with Crippen LogP contribution in [-0.2, 0) is 55.8 Å². The molecule has 3 fully saturated rings. The third-order valence-electron chi connectivity index (χ3n) is 7.18. The number of ether oxygens (including phenoxy) is 7. The molecule has 3 aliphatic rings. The van der Waals surface area contributed by atoms with E-state index in [1.54, 1.807) is 27.7 Å². The summed E-state index contributed by atoms with van der Waals surface area (Å²) in [4.78, 5) is 38.7. The van der Waals surface area contributed by atoms with Crippen molar-refractivity contribution in [2.75, 3.05) is 13.2 Å². The van der Waals surface area contributed by atoms with Crippen molar-refractivity contribution in [1.82, 2.24) is 10.6 Å². The number of hydrogen-bond donors (Lipinski definition) is 2. The molecule has 0 aliphatic carbocycles. The molecule has 12 heteroatoms. The summed E-state index contributed by atoms with van der Waals surface area (Å²) >= 11 is 0. The second-order valence-electron chi connectivity index (χ2n) is 11.6. The maximum atomic E-state index is 13.7. The zero-order chi connectivity index (χ0) is 30.6. The van der Waals surface area contributed by atoms with Crippen LogP contribution in [0.5, 0.6) is 0 Å². The lowest BCUT2D eigenvalue weighted by atomic mass is 10.0. The monoisotopic (exact) mass is 598 g/mol. The average molecular weight is 599 g/mol. The fraction of sp³-hybridized carbons (Fsp3) is 0.516. The molecule has 0 radical (unpaired) electrons. The Bertz CT molecular complexity index is 1270. The molecule has 2 aromatic rings. The van der Waals surface area contributed by atoms with Crippen molar-refractivity contribution in [2.45, 2.75) is 89.0 Å². The molecule has 0 saturated carbocycles. The van der Waals surface area contributed by atoms with Gasteiger partial charge in [0.1, 0.15) is 31.4 Å². The predicted octanol–water partition coefficient (Wildman–Crippen LogP) is 2.58. The molecule has 0 bridgehead atoms. The zero-order valence-corrected chi connectivity index (χ0v) is 24.6. The van der Waals surface area contributed by atoms with E-state index in [1.165, 1.54) is 0 Å². The minimum atomic E-state index is -1.08. The van der Waals surface area contributed by atoms with Crippen LogP contribution < -0.4 is 10.6 Å². The molecular formula is C31H38N2O10. The average Bonchev–Trinajstić information content (AvgIpc) is 3.60. The van der Waals surface area contributed by atoms with Gasteiger partial charge in [-0.05, 0) is 38.8 Å². The summed E-state index contributed by atoms with van der Waals surface area (Å²) in [5.74, 6) is -3.08. The topological polar surface area (TPSA) is 140 Å². The van der Waals surface area contributed by atoms with Crippen LogP contribution in [0.25, 0.3) is 0 Å². The minimum absolute atomic E-state index is 0.0551. The highest BCUT2D eigenvalue weighted by Gasteiger charge is 2.60. The Labute approximate surface area is 250 Å². The minimum Gasteiger partial charge on any atom is -0.455 e. The quantitative estimate of drug-likeness (QED) is 0.392. The normalized spacial score (nSPS) is 27.6. The first kappa shape index (κ1) is 30.9. The van der Waals surface area contributed by atoms with Gasteiger partial charge in [-0.15, -0.1) is 0 Å². The molecule has 2 aromatic carbocycles. The number of fused-ring (bicyclic) bond motifs is 1. The molecule has 6 atom stereocenters. The van der Waals surface area contributed by atoms with Crippen molar-refractivity contribution in [3.63, 3.8) is 0 Å². The standard InChI is InChI=1S/C31H38N2O10/c1-30(2)38-18-22(41-30)24-25(26-28(40-24)43-31(3,4)42-26)39-27(35)21(15-19-11-7-5-8-12-19)33-23(34)16-32-29(36)37-17-20-13-9-6-10-14-20/h5-14,21-22,24-26,28H,15-18H2,1-4H3,(H,32,36)(H,33,34)/t21-,22+,24-,25+,26-,28+/m1/s1. The molecule has 5 rings (SSSR count). The SMILES string of the molecule is CC1(C)O[C@@H]2O[C@H]([C@@H]3COC(C)(C)O3)[C@H](OC(=O)[C@@H](Cc3ccccc3)NC(=O)CNC(=O)OCc3ccccc3)[C@H]2O1. The van der Waals surface area contributed by atoms with Crippen molar-refractivity contribution in [2.24, 2.45) is 0 Å². The number of hydrogen-bond acceptors (Lipinski definition) is 10. The Balaban J connectivity index is 1.24. The fourth-order valence-electron chi connectivity index (χ4n) is 5.25. The number of alkyl carbamates (subject to hydrolysis) is 1. The van der Waals surface area contributed by atoms with Crippen molar-refractivity contribution in [1.29, 1.82) is 0 Å². The van der Waals surface area contributed by atoms with E-state index in [4.69, 9.17) is 33.2 Å². The van der Waals surface area contributed by atoms with Crippen molar-refractivity contribution in [3.05, 3.63) is 71.8 Å². The van der Waals surface area contributed by atoms with E-state index in [0.29, 0.717) is 0 Å². The maximum Gasteiger partial charge on any atom is 0.407 e. The highest BCUT2D eigenvalue weighted by Crippen LogP contribution is 2.42.